The molecule has 4 aliphatic rings. The van der Waals surface area contributed by atoms with Gasteiger partial charge in [0.25, 0.3) is 0 Å². The molecule has 1 saturated heterocycles. The number of pyridine rings is 1. The lowest BCUT2D eigenvalue weighted by Gasteiger charge is -2.38. The maximum atomic E-state index is 12.6. The van der Waals surface area contributed by atoms with Gasteiger partial charge in [-0.05, 0) is 61.5 Å². The van der Waals surface area contributed by atoms with Gasteiger partial charge in [0, 0.05) is 31.3 Å². The molecule has 3 aliphatic carbocycles. The van der Waals surface area contributed by atoms with Gasteiger partial charge < -0.3 is 10.0 Å². The molecule has 134 valence electrons. The zero-order chi connectivity index (χ0) is 17.9. The summed E-state index contributed by atoms with van der Waals surface area (Å²) in [4.78, 5) is 19.4. The van der Waals surface area contributed by atoms with Crippen LogP contribution in [0.2, 0.25) is 0 Å². The second-order valence-electron chi connectivity index (χ2n) is 8.50. The predicted molar refractivity (Wildman–Crippen MR) is 98.9 cm³/mol. The number of hydrogen-bond acceptors (Lipinski definition) is 4. The minimum Gasteiger partial charge on any atom is -0.387 e. The van der Waals surface area contributed by atoms with Crippen LogP contribution in [-0.4, -0.2) is 33.9 Å². The van der Waals surface area contributed by atoms with E-state index >= 15 is 0 Å². The molecule has 1 aromatic rings. The van der Waals surface area contributed by atoms with E-state index in [9.17, 15) is 9.90 Å². The molecule has 1 spiro atoms. The third-order valence-corrected chi connectivity index (χ3v) is 6.74. The number of carbonyl (C=O) groups is 1. The Morgan fingerprint density at radius 3 is 2.62 bits per heavy atom. The molecular weight excluding hydrogens is 324 g/mol. The summed E-state index contributed by atoms with van der Waals surface area (Å²) in [6.07, 6.45) is 14.5. The van der Waals surface area contributed by atoms with Crippen LogP contribution < -0.4 is 0 Å². The summed E-state index contributed by atoms with van der Waals surface area (Å²) < 4.78 is 0. The first-order valence-electron chi connectivity index (χ1n) is 9.76. The van der Waals surface area contributed by atoms with E-state index in [-0.39, 0.29) is 5.78 Å². The fourth-order valence-electron chi connectivity index (χ4n) is 4.56. The summed E-state index contributed by atoms with van der Waals surface area (Å²) in [7, 11) is 0. The molecule has 4 nitrogen and oxygen atoms in total. The number of rotatable bonds is 3. The normalized spacial score (nSPS) is 25.1. The molecule has 0 bridgehead atoms. The fourth-order valence-corrected chi connectivity index (χ4v) is 4.56. The Morgan fingerprint density at radius 1 is 1.27 bits per heavy atom. The van der Waals surface area contributed by atoms with E-state index in [4.69, 9.17) is 6.42 Å². The smallest absolute Gasteiger partial charge is 0.177 e. The summed E-state index contributed by atoms with van der Waals surface area (Å²) in [5, 5.41) is 10.5. The Labute approximate surface area is 154 Å². The lowest BCUT2D eigenvalue weighted by atomic mass is 9.86. The van der Waals surface area contributed by atoms with Gasteiger partial charge in [-0.2, -0.15) is 0 Å². The number of fused-ring (bicyclic) bond motifs is 1. The Balaban J connectivity index is 1.55. The fraction of sp³-hybridized carbons (Fsp3) is 0.545. The number of nitrogens with zero attached hydrogens (tertiary/aromatic N) is 2. The van der Waals surface area contributed by atoms with Crippen LogP contribution in [0, 0.1) is 23.7 Å². The monoisotopic (exact) mass is 348 g/mol. The lowest BCUT2D eigenvalue weighted by molar-refractivity contribution is -0.114. The van der Waals surface area contributed by atoms with Crippen molar-refractivity contribution in [2.24, 2.45) is 11.3 Å². The van der Waals surface area contributed by atoms with E-state index in [0.717, 1.165) is 42.8 Å². The third kappa shape index (κ3) is 2.57. The maximum absolute atomic E-state index is 12.6. The molecule has 1 atom stereocenters. The molecule has 5 rings (SSSR count). The number of piperidine rings is 1. The van der Waals surface area contributed by atoms with E-state index < -0.39 is 6.10 Å². The number of likely N-dealkylation sites (tertiary alicyclic amines) is 1. The van der Waals surface area contributed by atoms with Gasteiger partial charge >= 0.3 is 0 Å². The highest BCUT2D eigenvalue weighted by molar-refractivity contribution is 6.10. The average molecular weight is 348 g/mol. The van der Waals surface area contributed by atoms with Crippen molar-refractivity contribution in [3.05, 3.63) is 34.7 Å². The molecule has 3 fully saturated rings. The average Bonchev–Trinajstić information content (AvgIpc) is 3.57. The van der Waals surface area contributed by atoms with Gasteiger partial charge in [-0.15, -0.1) is 6.42 Å². The predicted octanol–water partition coefficient (Wildman–Crippen LogP) is 2.87. The van der Waals surface area contributed by atoms with Crippen molar-refractivity contribution in [1.82, 2.24) is 9.88 Å². The quantitative estimate of drug-likeness (QED) is 0.854. The molecule has 0 amide bonds. The molecule has 1 aliphatic heterocycles. The van der Waals surface area contributed by atoms with Gasteiger partial charge in [-0.25, -0.2) is 0 Å². The van der Waals surface area contributed by atoms with Crippen molar-refractivity contribution in [3.8, 4) is 12.3 Å². The Morgan fingerprint density at radius 2 is 2.00 bits per heavy atom. The summed E-state index contributed by atoms with van der Waals surface area (Å²) in [6.45, 7) is 1.91. The van der Waals surface area contributed by atoms with E-state index in [1.807, 2.05) is 6.07 Å². The Bertz CT molecular complexity index is 845. The molecule has 1 aromatic heterocycles. The first-order valence-corrected chi connectivity index (χ1v) is 9.76. The highest BCUT2D eigenvalue weighted by atomic mass is 16.3. The molecule has 0 unspecified atom stereocenters. The number of terminal acetylenes is 1. The topological polar surface area (TPSA) is 53.4 Å². The largest absolute Gasteiger partial charge is 0.387 e. The lowest BCUT2D eigenvalue weighted by Crippen LogP contribution is -2.36. The number of aliphatic hydroxyl groups excluding tert-OH is 1. The highest BCUT2D eigenvalue weighted by Gasteiger charge is 2.45. The van der Waals surface area contributed by atoms with Crippen molar-refractivity contribution in [2.45, 2.75) is 51.0 Å². The summed E-state index contributed by atoms with van der Waals surface area (Å²) in [6, 6.07) is 1.99. The van der Waals surface area contributed by atoms with Gasteiger partial charge in [0.15, 0.2) is 5.78 Å². The van der Waals surface area contributed by atoms with Crippen LogP contribution >= 0.6 is 0 Å². The van der Waals surface area contributed by atoms with E-state index in [1.54, 1.807) is 6.20 Å². The van der Waals surface area contributed by atoms with Gasteiger partial charge in [0.1, 0.15) is 0 Å². The number of hydrogen-bond donors (Lipinski definition) is 1. The molecule has 2 heterocycles. The number of allylic oxidation sites excluding steroid dienone is 1. The van der Waals surface area contributed by atoms with Gasteiger partial charge in [0.05, 0.1) is 23.1 Å². The van der Waals surface area contributed by atoms with E-state index in [2.05, 4.69) is 15.8 Å². The summed E-state index contributed by atoms with van der Waals surface area (Å²) >= 11 is 0. The van der Waals surface area contributed by atoms with Crippen LogP contribution in [0.3, 0.4) is 0 Å². The van der Waals surface area contributed by atoms with Crippen LogP contribution in [0.5, 0.6) is 0 Å². The van der Waals surface area contributed by atoms with Crippen molar-refractivity contribution < 1.29 is 9.90 Å². The van der Waals surface area contributed by atoms with Crippen LogP contribution in [0.25, 0.3) is 5.70 Å². The first kappa shape index (κ1) is 16.1. The van der Waals surface area contributed by atoms with Gasteiger partial charge in [0.2, 0.25) is 0 Å². The van der Waals surface area contributed by atoms with E-state index in [0.29, 0.717) is 29.0 Å². The molecule has 0 aromatic carbocycles. The Kier molecular flexibility index (Phi) is 3.52. The Hall–Kier alpha value is -2.12. The number of aliphatic hydroxyl groups is 1. The zero-order valence-corrected chi connectivity index (χ0v) is 15.0. The van der Waals surface area contributed by atoms with Crippen LogP contribution in [-0.2, 0) is 11.2 Å². The van der Waals surface area contributed by atoms with E-state index in [1.165, 1.54) is 25.7 Å². The number of ketones is 1. The highest BCUT2D eigenvalue weighted by Crippen LogP contribution is 2.54. The maximum Gasteiger partial charge on any atom is 0.177 e. The second kappa shape index (κ2) is 5.69. The molecule has 1 N–H and O–H groups in total. The molecular formula is C22H24N2O2. The number of carbonyl (C=O) groups excluding carboxylic acids is 1. The van der Waals surface area contributed by atoms with Crippen molar-refractivity contribution >= 4 is 11.5 Å². The number of aromatic nitrogens is 1. The third-order valence-electron chi connectivity index (χ3n) is 6.74. The SMILES string of the molecule is C#CC1=C(N2CCC3(CC2)CC3)c2cc([C@H](O)C3CC3)ncc2CC1=O. The summed E-state index contributed by atoms with van der Waals surface area (Å²) in [5.74, 6) is 3.01. The summed E-state index contributed by atoms with van der Waals surface area (Å²) in [5.41, 5.74) is 4.63. The molecule has 0 radical (unpaired) electrons. The minimum absolute atomic E-state index is 0.0130. The molecule has 2 saturated carbocycles. The van der Waals surface area contributed by atoms with Gasteiger partial charge in [-0.1, -0.05) is 5.92 Å². The van der Waals surface area contributed by atoms with Crippen LogP contribution in [0.15, 0.2) is 17.8 Å². The van der Waals surface area contributed by atoms with Crippen molar-refractivity contribution in [3.63, 3.8) is 0 Å². The van der Waals surface area contributed by atoms with Crippen molar-refractivity contribution in [2.75, 3.05) is 13.1 Å². The molecule has 4 heteroatoms. The first-order chi connectivity index (χ1) is 12.6. The number of Topliss-reactive ketones (excluding diaryl/α,β-unsaturated/α-hetero) is 1. The van der Waals surface area contributed by atoms with Crippen LogP contribution in [0.1, 0.15) is 61.4 Å². The zero-order valence-electron chi connectivity index (χ0n) is 15.0. The van der Waals surface area contributed by atoms with Gasteiger partial charge in [-0.3, -0.25) is 9.78 Å². The minimum atomic E-state index is -0.510. The standard InChI is InChI=1S/C22H24N2O2/c1-2-16-19(25)11-15-13-23-18(21(26)14-3-4-14)12-17(15)20(16)24-9-7-22(5-6-22)8-10-24/h1,12-14,21,26H,3-11H2/t21-/m1/s1. The van der Waals surface area contributed by atoms with Crippen LogP contribution in [0.4, 0.5) is 0 Å². The van der Waals surface area contributed by atoms with Crippen molar-refractivity contribution in [1.29, 1.82) is 0 Å². The second-order valence-corrected chi connectivity index (χ2v) is 8.50. The molecule has 26 heavy (non-hydrogen) atoms.